The minimum atomic E-state index is -0.553. The Hall–Kier alpha value is -5.78. The SMILES string of the molecule is CCC1(COCOc2ccc(C(=O)Oc3ccc4ccccc4c3-c3c(OC(=O)c4ccc(OCOCC5(CC)COC5)cc4)ccc4ccccc34)cc2)COC1. The van der Waals surface area contributed by atoms with Gasteiger partial charge in [0.05, 0.1) is 50.8 Å². The van der Waals surface area contributed by atoms with Crippen molar-refractivity contribution in [2.45, 2.75) is 26.7 Å². The van der Waals surface area contributed by atoms with Crippen LogP contribution in [0.15, 0.2) is 121 Å². The van der Waals surface area contributed by atoms with E-state index in [1.54, 1.807) is 60.7 Å². The number of hydrogen-bond acceptors (Lipinski definition) is 10. The van der Waals surface area contributed by atoms with E-state index in [-0.39, 0.29) is 24.4 Å². The van der Waals surface area contributed by atoms with E-state index < -0.39 is 11.9 Å². The highest BCUT2D eigenvalue weighted by atomic mass is 16.7. The van der Waals surface area contributed by atoms with Crippen molar-refractivity contribution in [3.8, 4) is 34.1 Å². The molecule has 0 amide bonds. The summed E-state index contributed by atoms with van der Waals surface area (Å²) in [6, 6.07) is 36.5. The van der Waals surface area contributed by atoms with Gasteiger partial charge in [-0.3, -0.25) is 0 Å². The molecule has 6 aromatic rings. The fourth-order valence-corrected chi connectivity index (χ4v) is 7.18. The number of carbonyl (C=O) groups excluding carboxylic acids is 2. The highest BCUT2D eigenvalue weighted by Gasteiger charge is 2.38. The van der Waals surface area contributed by atoms with Gasteiger partial charge in [0.25, 0.3) is 0 Å². The maximum atomic E-state index is 13.8. The second-order valence-corrected chi connectivity index (χ2v) is 15.1. The van der Waals surface area contributed by atoms with Crippen molar-refractivity contribution in [3.63, 3.8) is 0 Å². The van der Waals surface area contributed by atoms with Gasteiger partial charge in [0, 0.05) is 22.0 Å². The summed E-state index contributed by atoms with van der Waals surface area (Å²) >= 11 is 0. The highest BCUT2D eigenvalue weighted by molar-refractivity contribution is 6.11. The molecular formula is C48H46O10. The Morgan fingerprint density at radius 3 is 1.28 bits per heavy atom. The molecule has 58 heavy (non-hydrogen) atoms. The van der Waals surface area contributed by atoms with Crippen LogP contribution in [-0.4, -0.2) is 65.2 Å². The van der Waals surface area contributed by atoms with Gasteiger partial charge >= 0.3 is 11.9 Å². The maximum absolute atomic E-state index is 13.8. The Bertz CT molecular complexity index is 2200. The first kappa shape index (κ1) is 39.1. The predicted molar refractivity (Wildman–Crippen MR) is 220 cm³/mol. The molecule has 2 aliphatic rings. The molecule has 6 aromatic carbocycles. The molecule has 298 valence electrons. The Balaban J connectivity index is 1.02. The minimum absolute atomic E-state index is 0.0648. The molecule has 0 bridgehead atoms. The standard InChI is InChI=1S/C48H46O10/c1-3-47(25-51-26-47)29-53-31-55-37-19-13-35(14-20-37)45(49)57-41-23-17-33-9-5-7-11-39(33)43(41)44-40-12-8-6-10-34(40)18-24-42(44)58-46(50)36-15-21-38(22-16-36)56-32-54-30-48(4-2)27-52-28-48/h5-24H,3-4,25-32H2,1-2H3. The van der Waals surface area contributed by atoms with Gasteiger partial charge in [-0.15, -0.1) is 0 Å². The van der Waals surface area contributed by atoms with E-state index in [0.717, 1.165) is 34.4 Å². The van der Waals surface area contributed by atoms with Gasteiger partial charge in [-0.05, 0) is 95.1 Å². The number of rotatable bonds is 17. The van der Waals surface area contributed by atoms with E-state index in [1.165, 1.54) is 0 Å². The molecule has 10 nitrogen and oxygen atoms in total. The first-order chi connectivity index (χ1) is 28.4. The largest absolute Gasteiger partial charge is 0.468 e. The van der Waals surface area contributed by atoms with Crippen molar-refractivity contribution in [2.24, 2.45) is 10.8 Å². The van der Waals surface area contributed by atoms with Crippen LogP contribution in [0.3, 0.4) is 0 Å². The maximum Gasteiger partial charge on any atom is 0.343 e. The van der Waals surface area contributed by atoms with Gasteiger partial charge in [-0.1, -0.05) is 74.5 Å². The summed E-state index contributed by atoms with van der Waals surface area (Å²) in [5.41, 5.74) is 2.04. The van der Waals surface area contributed by atoms with Crippen LogP contribution in [-0.2, 0) is 18.9 Å². The quantitative estimate of drug-likeness (QED) is 0.0384. The molecule has 2 saturated heterocycles. The summed E-state index contributed by atoms with van der Waals surface area (Å²) in [4.78, 5) is 27.6. The molecule has 0 radical (unpaired) electrons. The molecule has 0 atom stereocenters. The molecule has 0 aliphatic carbocycles. The minimum Gasteiger partial charge on any atom is -0.468 e. The number of carbonyl (C=O) groups is 2. The zero-order valence-electron chi connectivity index (χ0n) is 32.7. The van der Waals surface area contributed by atoms with E-state index in [4.69, 9.17) is 37.9 Å². The summed E-state index contributed by atoms with van der Waals surface area (Å²) in [6.07, 6.45) is 1.96. The van der Waals surface area contributed by atoms with Crippen LogP contribution >= 0.6 is 0 Å². The average Bonchev–Trinajstić information content (AvgIpc) is 3.23. The van der Waals surface area contributed by atoms with Crippen LogP contribution < -0.4 is 18.9 Å². The van der Waals surface area contributed by atoms with Crippen molar-refractivity contribution in [1.29, 1.82) is 0 Å². The summed E-state index contributed by atoms with van der Waals surface area (Å²) < 4.78 is 46.2. The molecule has 2 fully saturated rings. The Labute approximate surface area is 337 Å². The normalized spacial score (nSPS) is 15.3. The van der Waals surface area contributed by atoms with E-state index in [9.17, 15) is 9.59 Å². The number of hydrogen-bond donors (Lipinski definition) is 0. The lowest BCUT2D eigenvalue weighted by molar-refractivity contribution is -0.162. The first-order valence-corrected chi connectivity index (χ1v) is 19.6. The van der Waals surface area contributed by atoms with Crippen molar-refractivity contribution in [3.05, 3.63) is 132 Å². The molecule has 2 aliphatic heterocycles. The van der Waals surface area contributed by atoms with E-state index in [1.807, 2.05) is 60.7 Å². The second kappa shape index (κ2) is 17.4. The average molecular weight is 783 g/mol. The second-order valence-electron chi connectivity index (χ2n) is 15.1. The molecule has 10 heteroatoms. The Morgan fingerprint density at radius 1 is 0.517 bits per heavy atom. The van der Waals surface area contributed by atoms with Crippen molar-refractivity contribution in [1.82, 2.24) is 0 Å². The van der Waals surface area contributed by atoms with Gasteiger partial charge in [0.2, 0.25) is 0 Å². The van der Waals surface area contributed by atoms with Crippen LogP contribution in [0.4, 0.5) is 0 Å². The fourth-order valence-electron chi connectivity index (χ4n) is 7.18. The van der Waals surface area contributed by atoms with E-state index in [2.05, 4.69) is 13.8 Å². The van der Waals surface area contributed by atoms with Crippen LogP contribution in [0.1, 0.15) is 47.4 Å². The van der Waals surface area contributed by atoms with E-state index in [0.29, 0.717) is 84.9 Å². The zero-order chi connectivity index (χ0) is 40.0. The lowest BCUT2D eigenvalue weighted by Gasteiger charge is -2.40. The monoisotopic (exact) mass is 782 g/mol. The molecular weight excluding hydrogens is 737 g/mol. The lowest BCUT2D eigenvalue weighted by Crippen LogP contribution is -2.45. The van der Waals surface area contributed by atoms with Gasteiger partial charge in [0.15, 0.2) is 13.6 Å². The van der Waals surface area contributed by atoms with Crippen LogP contribution in [0.25, 0.3) is 32.7 Å². The van der Waals surface area contributed by atoms with Crippen molar-refractivity contribution in [2.75, 3.05) is 53.2 Å². The summed E-state index contributed by atoms with van der Waals surface area (Å²) in [5.74, 6) is 0.655. The molecule has 0 spiro atoms. The smallest absolute Gasteiger partial charge is 0.343 e. The molecule has 0 unspecified atom stereocenters. The van der Waals surface area contributed by atoms with Crippen molar-refractivity contribution >= 4 is 33.5 Å². The lowest BCUT2D eigenvalue weighted by atomic mass is 9.84. The predicted octanol–water partition coefficient (Wildman–Crippen LogP) is 9.66. The van der Waals surface area contributed by atoms with Crippen LogP contribution in [0, 0.1) is 10.8 Å². The summed E-state index contributed by atoms with van der Waals surface area (Å²) in [6.45, 7) is 8.37. The van der Waals surface area contributed by atoms with Gasteiger partial charge in [-0.25, -0.2) is 9.59 Å². The molecule has 0 aromatic heterocycles. The third-order valence-electron chi connectivity index (χ3n) is 11.2. The van der Waals surface area contributed by atoms with Crippen molar-refractivity contribution < 1.29 is 47.5 Å². The topological polar surface area (TPSA) is 108 Å². The molecule has 2 heterocycles. The van der Waals surface area contributed by atoms with E-state index >= 15 is 0 Å². The van der Waals surface area contributed by atoms with Gasteiger partial charge in [0.1, 0.15) is 23.0 Å². The molecule has 8 rings (SSSR count). The Kier molecular flexibility index (Phi) is 11.7. The van der Waals surface area contributed by atoms with Crippen LogP contribution in [0.2, 0.25) is 0 Å². The zero-order valence-corrected chi connectivity index (χ0v) is 32.7. The highest BCUT2D eigenvalue weighted by Crippen LogP contribution is 2.46. The third-order valence-corrected chi connectivity index (χ3v) is 11.2. The fraction of sp³-hybridized carbons (Fsp3) is 0.292. The number of benzene rings is 6. The number of esters is 2. The van der Waals surface area contributed by atoms with Gasteiger partial charge < -0.3 is 37.9 Å². The third kappa shape index (κ3) is 8.42. The van der Waals surface area contributed by atoms with Crippen LogP contribution in [0.5, 0.6) is 23.0 Å². The molecule has 0 saturated carbocycles. The van der Waals surface area contributed by atoms with Gasteiger partial charge in [-0.2, -0.15) is 0 Å². The number of ether oxygens (including phenoxy) is 8. The first-order valence-electron chi connectivity index (χ1n) is 19.6. The number of fused-ring (bicyclic) bond motifs is 2. The summed E-state index contributed by atoms with van der Waals surface area (Å²) in [5, 5.41) is 3.49. The Morgan fingerprint density at radius 2 is 0.914 bits per heavy atom. The molecule has 0 N–H and O–H groups in total. The summed E-state index contributed by atoms with van der Waals surface area (Å²) in [7, 11) is 0.